The van der Waals surface area contributed by atoms with E-state index in [1.165, 1.54) is 22.7 Å². The summed E-state index contributed by atoms with van der Waals surface area (Å²) in [5.41, 5.74) is 1.62. The van der Waals surface area contributed by atoms with Crippen molar-refractivity contribution in [2.75, 3.05) is 11.9 Å². The van der Waals surface area contributed by atoms with Crippen LogP contribution in [0.25, 0.3) is 10.2 Å². The average molecular weight is 389 g/mol. The maximum absolute atomic E-state index is 12.5. The van der Waals surface area contributed by atoms with Crippen LogP contribution in [0, 0.1) is 6.92 Å². The van der Waals surface area contributed by atoms with Gasteiger partial charge in [-0.05, 0) is 36.9 Å². The molecule has 0 aliphatic carbocycles. The molecule has 7 nitrogen and oxygen atoms in total. The van der Waals surface area contributed by atoms with Crippen LogP contribution < -0.4 is 10.6 Å². The minimum absolute atomic E-state index is 0.156. The van der Waals surface area contributed by atoms with Gasteiger partial charge in [-0.15, -0.1) is 22.7 Å². The predicted molar refractivity (Wildman–Crippen MR) is 101 cm³/mol. The Kier molecular flexibility index (Phi) is 5.29. The molecular weight excluding hydrogens is 374 g/mol. The number of anilines is 1. The highest BCUT2D eigenvalue weighted by Crippen LogP contribution is 2.29. The van der Waals surface area contributed by atoms with Gasteiger partial charge in [-0.25, -0.2) is 9.78 Å². The maximum atomic E-state index is 12.5. The van der Waals surface area contributed by atoms with Gasteiger partial charge in [-0.3, -0.25) is 14.9 Å². The van der Waals surface area contributed by atoms with E-state index in [-0.39, 0.29) is 12.2 Å². The van der Waals surface area contributed by atoms with Crippen molar-refractivity contribution in [3.05, 3.63) is 45.8 Å². The van der Waals surface area contributed by atoms with Crippen molar-refractivity contribution in [2.45, 2.75) is 13.8 Å². The van der Waals surface area contributed by atoms with E-state index in [2.05, 4.69) is 15.6 Å². The summed E-state index contributed by atoms with van der Waals surface area (Å²) in [7, 11) is 0. The van der Waals surface area contributed by atoms with Crippen LogP contribution in [0.4, 0.5) is 9.80 Å². The monoisotopic (exact) mass is 389 g/mol. The third-order valence-corrected chi connectivity index (χ3v) is 5.46. The molecule has 2 aromatic heterocycles. The zero-order chi connectivity index (χ0) is 18.7. The van der Waals surface area contributed by atoms with Crippen molar-refractivity contribution >= 4 is 55.8 Å². The molecule has 0 aliphatic heterocycles. The molecule has 3 rings (SSSR count). The largest absolute Gasteiger partial charge is 0.450 e. The van der Waals surface area contributed by atoms with Gasteiger partial charge in [0.1, 0.15) is 5.00 Å². The van der Waals surface area contributed by atoms with Gasteiger partial charge in [-0.1, -0.05) is 12.1 Å². The van der Waals surface area contributed by atoms with Gasteiger partial charge in [0.2, 0.25) is 0 Å². The summed E-state index contributed by atoms with van der Waals surface area (Å²) in [4.78, 5) is 40.6. The van der Waals surface area contributed by atoms with Crippen molar-refractivity contribution in [2.24, 2.45) is 0 Å². The Hall–Kier alpha value is -2.78. The number of hydrogen-bond donors (Lipinski definition) is 2. The molecule has 0 atom stereocenters. The minimum atomic E-state index is -0.827. The Balaban J connectivity index is 1.80. The minimum Gasteiger partial charge on any atom is -0.450 e. The highest BCUT2D eigenvalue weighted by atomic mass is 32.1. The normalized spacial score (nSPS) is 10.5. The summed E-state index contributed by atoms with van der Waals surface area (Å²) >= 11 is 2.48. The number of amides is 3. The quantitative estimate of drug-likeness (QED) is 0.707. The number of nitrogens with zero attached hydrogens (tertiary/aromatic N) is 1. The number of aryl methyl sites for hydroxylation is 1. The molecule has 3 aromatic rings. The molecule has 0 bridgehead atoms. The summed E-state index contributed by atoms with van der Waals surface area (Å²) < 4.78 is 5.61. The molecule has 0 unspecified atom stereocenters. The van der Waals surface area contributed by atoms with Gasteiger partial charge < -0.3 is 10.1 Å². The van der Waals surface area contributed by atoms with Crippen molar-refractivity contribution in [3.8, 4) is 0 Å². The van der Waals surface area contributed by atoms with E-state index in [1.54, 1.807) is 19.2 Å². The molecule has 9 heteroatoms. The van der Waals surface area contributed by atoms with Gasteiger partial charge >= 0.3 is 6.09 Å². The van der Waals surface area contributed by atoms with Crippen LogP contribution in [0.2, 0.25) is 0 Å². The van der Waals surface area contributed by atoms with Gasteiger partial charge in [0, 0.05) is 0 Å². The number of para-hydroxylation sites is 1. The highest BCUT2D eigenvalue weighted by molar-refractivity contribution is 7.20. The molecular formula is C17H15N3O4S2. The maximum Gasteiger partial charge on any atom is 0.414 e. The Morgan fingerprint density at radius 1 is 1.19 bits per heavy atom. The molecule has 0 fully saturated rings. The van der Waals surface area contributed by atoms with E-state index >= 15 is 0 Å². The lowest BCUT2D eigenvalue weighted by atomic mass is 10.2. The van der Waals surface area contributed by atoms with E-state index < -0.39 is 17.9 Å². The molecule has 0 aliphatic rings. The average Bonchev–Trinajstić information content (AvgIpc) is 3.18. The second-order valence-corrected chi connectivity index (χ2v) is 7.15. The number of carbonyl (C=O) groups is 3. The number of thiazole rings is 1. The van der Waals surface area contributed by atoms with E-state index in [1.807, 2.05) is 24.3 Å². The van der Waals surface area contributed by atoms with Crippen LogP contribution in [-0.2, 0) is 4.74 Å². The van der Waals surface area contributed by atoms with Gasteiger partial charge in [0.15, 0.2) is 5.01 Å². The Labute approximate surface area is 157 Å². The Morgan fingerprint density at radius 2 is 1.96 bits per heavy atom. The van der Waals surface area contributed by atoms with E-state index in [9.17, 15) is 14.4 Å². The highest BCUT2D eigenvalue weighted by Gasteiger charge is 2.22. The number of fused-ring (bicyclic) bond motifs is 1. The molecule has 3 amide bonds. The summed E-state index contributed by atoms with van der Waals surface area (Å²) in [6.45, 7) is 3.52. The van der Waals surface area contributed by atoms with Crippen LogP contribution in [0.1, 0.15) is 32.6 Å². The number of carbonyl (C=O) groups excluding carboxylic acids is 3. The van der Waals surface area contributed by atoms with Crippen molar-refractivity contribution in [3.63, 3.8) is 0 Å². The van der Waals surface area contributed by atoms with E-state index in [0.717, 1.165) is 10.2 Å². The van der Waals surface area contributed by atoms with Crippen molar-refractivity contribution < 1.29 is 19.1 Å². The lowest BCUT2D eigenvalue weighted by Crippen LogP contribution is -2.31. The Morgan fingerprint density at radius 3 is 2.69 bits per heavy atom. The third kappa shape index (κ3) is 3.73. The van der Waals surface area contributed by atoms with Crippen molar-refractivity contribution in [1.82, 2.24) is 10.3 Å². The van der Waals surface area contributed by atoms with E-state index in [4.69, 9.17) is 4.74 Å². The number of benzene rings is 1. The zero-order valence-electron chi connectivity index (χ0n) is 14.0. The van der Waals surface area contributed by atoms with Gasteiger partial charge in [-0.2, -0.15) is 0 Å². The molecule has 134 valence electrons. The first-order chi connectivity index (χ1) is 12.5. The molecule has 2 heterocycles. The first-order valence-corrected chi connectivity index (χ1v) is 9.42. The molecule has 0 saturated heterocycles. The molecule has 26 heavy (non-hydrogen) atoms. The summed E-state index contributed by atoms with van der Waals surface area (Å²) in [5.74, 6) is -1.03. The first-order valence-electron chi connectivity index (χ1n) is 7.72. The van der Waals surface area contributed by atoms with Crippen molar-refractivity contribution in [1.29, 1.82) is 0 Å². The Bertz CT molecular complexity index is 960. The number of aromatic nitrogens is 1. The summed E-state index contributed by atoms with van der Waals surface area (Å²) in [5, 5.41) is 7.24. The number of imide groups is 1. The predicted octanol–water partition coefficient (Wildman–Crippen LogP) is 3.80. The SMILES string of the molecule is CCOC(=O)NC(=O)c1c(C)csc1NC(=O)c1nc2ccccc2s1. The fourth-order valence-corrected chi connectivity index (χ4v) is 4.06. The standard InChI is InChI=1S/C17H15N3O4S2/c1-3-24-17(23)20-13(21)12-9(2)8-25-15(12)19-14(22)16-18-10-6-4-5-7-11(10)26-16/h4-8H,3H2,1-2H3,(H,19,22)(H,20,21,23). The molecule has 0 radical (unpaired) electrons. The number of ether oxygens (including phenoxy) is 1. The number of rotatable bonds is 4. The fourth-order valence-electron chi connectivity index (χ4n) is 2.27. The number of thiophene rings is 1. The van der Waals surface area contributed by atoms with Crippen LogP contribution in [0.3, 0.4) is 0 Å². The molecule has 1 aromatic carbocycles. The van der Waals surface area contributed by atoms with Crippen LogP contribution in [-0.4, -0.2) is 29.5 Å². The smallest absolute Gasteiger partial charge is 0.414 e. The number of alkyl carbamates (subject to hydrolysis) is 1. The van der Waals surface area contributed by atoms with Crippen LogP contribution in [0.15, 0.2) is 29.6 Å². The van der Waals surface area contributed by atoms with Crippen LogP contribution in [0.5, 0.6) is 0 Å². The topological polar surface area (TPSA) is 97.4 Å². The van der Waals surface area contributed by atoms with Gasteiger partial charge in [0.05, 0.1) is 22.4 Å². The van der Waals surface area contributed by atoms with E-state index in [0.29, 0.717) is 15.6 Å². The lowest BCUT2D eigenvalue weighted by Gasteiger charge is -2.07. The molecule has 2 N–H and O–H groups in total. The second kappa shape index (κ2) is 7.63. The zero-order valence-corrected chi connectivity index (χ0v) is 15.6. The summed E-state index contributed by atoms with van der Waals surface area (Å²) in [6, 6.07) is 7.44. The second-order valence-electron chi connectivity index (χ2n) is 5.24. The lowest BCUT2D eigenvalue weighted by molar-refractivity contribution is 0.0925. The molecule has 0 saturated carbocycles. The van der Waals surface area contributed by atoms with Crippen LogP contribution >= 0.6 is 22.7 Å². The van der Waals surface area contributed by atoms with Gasteiger partial charge in [0.25, 0.3) is 11.8 Å². The summed E-state index contributed by atoms with van der Waals surface area (Å²) in [6.07, 6.45) is -0.827. The fraction of sp³-hybridized carbons (Fsp3) is 0.176. The number of hydrogen-bond acceptors (Lipinski definition) is 7. The third-order valence-electron chi connectivity index (χ3n) is 3.41. The first kappa shape index (κ1) is 18.0. The number of nitrogens with one attached hydrogen (secondary N) is 2. The molecule has 0 spiro atoms.